The molecule has 2 aromatic rings. The predicted molar refractivity (Wildman–Crippen MR) is 85.2 cm³/mol. The van der Waals surface area contributed by atoms with E-state index >= 15 is 0 Å². The minimum atomic E-state index is -0.0824. The van der Waals surface area contributed by atoms with Gasteiger partial charge in [-0.25, -0.2) is 4.98 Å². The number of imidazole rings is 1. The van der Waals surface area contributed by atoms with Crippen LogP contribution in [0.4, 0.5) is 0 Å². The molecule has 0 radical (unpaired) electrons. The van der Waals surface area contributed by atoms with Crippen molar-refractivity contribution in [1.29, 1.82) is 0 Å². The Kier molecular flexibility index (Phi) is 4.34. The van der Waals surface area contributed by atoms with Crippen LogP contribution in [0.3, 0.4) is 0 Å². The third-order valence-corrected chi connectivity index (χ3v) is 4.57. The summed E-state index contributed by atoms with van der Waals surface area (Å²) in [5, 5.41) is -0.0824. The minimum Gasteiger partial charge on any atom is -0.381 e. The van der Waals surface area contributed by atoms with Crippen LogP contribution in [-0.2, 0) is 11.3 Å². The number of aryl methyl sites for hydroxylation is 1. The second-order valence-electron chi connectivity index (χ2n) is 5.39. The summed E-state index contributed by atoms with van der Waals surface area (Å²) in [6.07, 6.45) is 2.29. The molecule has 2 atom stereocenters. The maximum Gasteiger partial charge on any atom is 0.127 e. The van der Waals surface area contributed by atoms with Crippen LogP contribution in [0.2, 0.25) is 0 Å². The number of alkyl halides is 1. The van der Waals surface area contributed by atoms with Crippen molar-refractivity contribution in [2.75, 3.05) is 13.2 Å². The Hall–Kier alpha value is -0.580. The average molecular weight is 358 g/mol. The molecule has 20 heavy (non-hydrogen) atoms. The van der Waals surface area contributed by atoms with Crippen LogP contribution in [0.15, 0.2) is 22.7 Å². The maximum atomic E-state index is 6.30. The summed E-state index contributed by atoms with van der Waals surface area (Å²) in [5.41, 5.74) is 2.17. The summed E-state index contributed by atoms with van der Waals surface area (Å²) < 4.78 is 8.79. The lowest BCUT2D eigenvalue weighted by atomic mass is 10.1. The number of aromatic nitrogens is 2. The number of fused-ring (bicyclic) bond motifs is 1. The zero-order valence-electron chi connectivity index (χ0n) is 11.5. The molecule has 0 spiro atoms. The Labute approximate surface area is 132 Å². The number of rotatable bonds is 4. The van der Waals surface area contributed by atoms with Crippen molar-refractivity contribution < 1.29 is 4.74 Å². The summed E-state index contributed by atoms with van der Waals surface area (Å²) >= 11 is 9.83. The van der Waals surface area contributed by atoms with E-state index in [4.69, 9.17) is 16.3 Å². The van der Waals surface area contributed by atoms with Gasteiger partial charge in [0.15, 0.2) is 0 Å². The fourth-order valence-electron chi connectivity index (χ4n) is 2.78. The van der Waals surface area contributed by atoms with Crippen molar-refractivity contribution in [3.8, 4) is 0 Å². The van der Waals surface area contributed by atoms with E-state index in [0.29, 0.717) is 5.92 Å². The first-order valence-electron chi connectivity index (χ1n) is 7.02. The highest BCUT2D eigenvalue weighted by Crippen LogP contribution is 2.28. The molecular formula is C15H18BrClN2O. The number of halogens is 2. The molecule has 1 aromatic heterocycles. The van der Waals surface area contributed by atoms with Crippen molar-refractivity contribution in [3.63, 3.8) is 0 Å². The average Bonchev–Trinajstić information content (AvgIpc) is 3.03. The van der Waals surface area contributed by atoms with Crippen molar-refractivity contribution in [3.05, 3.63) is 28.5 Å². The molecule has 5 heteroatoms. The summed E-state index contributed by atoms with van der Waals surface area (Å²) in [6.45, 7) is 4.72. The van der Waals surface area contributed by atoms with Crippen LogP contribution >= 0.6 is 27.5 Å². The van der Waals surface area contributed by atoms with Crippen LogP contribution < -0.4 is 0 Å². The predicted octanol–water partition coefficient (Wildman–Crippen LogP) is 4.53. The Morgan fingerprint density at radius 2 is 2.40 bits per heavy atom. The summed E-state index contributed by atoms with van der Waals surface area (Å²) in [4.78, 5) is 4.68. The molecule has 0 amide bonds. The second kappa shape index (κ2) is 6.04. The SMILES string of the molecule is CC(Cl)c1nc2ccc(Br)cc2n1CCC1CCOC1. The third-order valence-electron chi connectivity index (χ3n) is 3.88. The fourth-order valence-corrected chi connectivity index (χ4v) is 3.29. The van der Waals surface area contributed by atoms with Gasteiger partial charge in [0.25, 0.3) is 0 Å². The molecule has 1 aromatic carbocycles. The van der Waals surface area contributed by atoms with E-state index in [-0.39, 0.29) is 5.38 Å². The molecule has 1 fully saturated rings. The van der Waals surface area contributed by atoms with Crippen LogP contribution in [0.1, 0.15) is 31.0 Å². The van der Waals surface area contributed by atoms with Crippen LogP contribution in [0.25, 0.3) is 11.0 Å². The fraction of sp³-hybridized carbons (Fsp3) is 0.533. The number of benzene rings is 1. The zero-order valence-corrected chi connectivity index (χ0v) is 13.8. The lowest BCUT2D eigenvalue weighted by Crippen LogP contribution is -2.09. The summed E-state index contributed by atoms with van der Waals surface area (Å²) in [5.74, 6) is 1.62. The standard InChI is InChI=1S/C15H18BrClN2O/c1-10(17)15-18-13-3-2-12(16)8-14(13)19(15)6-4-11-5-7-20-9-11/h2-3,8,10-11H,4-7,9H2,1H3. The van der Waals surface area contributed by atoms with Gasteiger partial charge in [-0.2, -0.15) is 0 Å². The molecule has 0 saturated carbocycles. The number of ether oxygens (including phenoxy) is 1. The van der Waals surface area contributed by atoms with E-state index in [1.807, 2.05) is 19.1 Å². The van der Waals surface area contributed by atoms with Crippen LogP contribution in [0, 0.1) is 5.92 Å². The van der Waals surface area contributed by atoms with Gasteiger partial charge >= 0.3 is 0 Å². The molecule has 0 N–H and O–H groups in total. The van der Waals surface area contributed by atoms with Gasteiger partial charge in [0, 0.05) is 24.2 Å². The number of hydrogen-bond donors (Lipinski definition) is 0. The van der Waals surface area contributed by atoms with Gasteiger partial charge in [0.2, 0.25) is 0 Å². The van der Waals surface area contributed by atoms with Crippen molar-refractivity contribution in [2.24, 2.45) is 5.92 Å². The smallest absolute Gasteiger partial charge is 0.127 e. The van der Waals surface area contributed by atoms with Crippen molar-refractivity contribution >= 4 is 38.6 Å². The van der Waals surface area contributed by atoms with Gasteiger partial charge in [-0.1, -0.05) is 15.9 Å². The second-order valence-corrected chi connectivity index (χ2v) is 6.96. The highest BCUT2D eigenvalue weighted by atomic mass is 79.9. The van der Waals surface area contributed by atoms with E-state index in [9.17, 15) is 0 Å². The van der Waals surface area contributed by atoms with E-state index in [1.165, 1.54) is 6.42 Å². The van der Waals surface area contributed by atoms with Crippen LogP contribution in [0.5, 0.6) is 0 Å². The van der Waals surface area contributed by atoms with Gasteiger partial charge in [0.05, 0.1) is 16.4 Å². The van der Waals surface area contributed by atoms with Gasteiger partial charge < -0.3 is 9.30 Å². The van der Waals surface area contributed by atoms with Crippen molar-refractivity contribution in [2.45, 2.75) is 31.7 Å². The molecule has 3 nitrogen and oxygen atoms in total. The molecule has 2 heterocycles. The molecule has 108 valence electrons. The quantitative estimate of drug-likeness (QED) is 0.752. The highest BCUT2D eigenvalue weighted by molar-refractivity contribution is 9.10. The molecule has 1 aliphatic rings. The van der Waals surface area contributed by atoms with Crippen molar-refractivity contribution in [1.82, 2.24) is 9.55 Å². The first-order chi connectivity index (χ1) is 9.65. The lowest BCUT2D eigenvalue weighted by Gasteiger charge is -2.13. The minimum absolute atomic E-state index is 0.0824. The molecule has 0 aliphatic carbocycles. The zero-order chi connectivity index (χ0) is 14.1. The van der Waals surface area contributed by atoms with E-state index < -0.39 is 0 Å². The number of hydrogen-bond acceptors (Lipinski definition) is 2. The first-order valence-corrected chi connectivity index (χ1v) is 8.25. The van der Waals surface area contributed by atoms with Gasteiger partial charge in [0.1, 0.15) is 5.82 Å². The van der Waals surface area contributed by atoms with Gasteiger partial charge in [-0.15, -0.1) is 11.6 Å². The number of nitrogens with zero attached hydrogens (tertiary/aromatic N) is 2. The third kappa shape index (κ3) is 2.87. The van der Waals surface area contributed by atoms with E-state index in [2.05, 4.69) is 31.5 Å². The Bertz CT molecular complexity index is 605. The molecular weight excluding hydrogens is 340 g/mol. The molecule has 3 rings (SSSR count). The molecule has 1 aliphatic heterocycles. The normalized spacial score (nSPS) is 20.6. The summed E-state index contributed by atoms with van der Waals surface area (Å²) in [6, 6.07) is 6.18. The molecule has 2 unspecified atom stereocenters. The van der Waals surface area contributed by atoms with E-state index in [1.54, 1.807) is 0 Å². The topological polar surface area (TPSA) is 27.1 Å². The Morgan fingerprint density at radius 1 is 1.55 bits per heavy atom. The van der Waals surface area contributed by atoms with E-state index in [0.717, 1.165) is 47.5 Å². The highest BCUT2D eigenvalue weighted by Gasteiger charge is 2.19. The monoisotopic (exact) mass is 356 g/mol. The molecule has 1 saturated heterocycles. The van der Waals surface area contributed by atoms with Gasteiger partial charge in [-0.3, -0.25) is 0 Å². The Morgan fingerprint density at radius 3 is 3.10 bits per heavy atom. The largest absolute Gasteiger partial charge is 0.381 e. The molecule has 0 bridgehead atoms. The Balaban J connectivity index is 1.92. The summed E-state index contributed by atoms with van der Waals surface area (Å²) in [7, 11) is 0. The first kappa shape index (κ1) is 14.4. The maximum absolute atomic E-state index is 6.30. The van der Waals surface area contributed by atoms with Crippen LogP contribution in [-0.4, -0.2) is 22.8 Å². The lowest BCUT2D eigenvalue weighted by molar-refractivity contribution is 0.183. The van der Waals surface area contributed by atoms with Gasteiger partial charge in [-0.05, 0) is 43.9 Å².